The SMILES string of the molecule is CCCCC/C=C\CC(C)(C)N. The fourth-order valence-electron chi connectivity index (χ4n) is 1.02. The van der Waals surface area contributed by atoms with Crippen molar-refractivity contribution in [1.29, 1.82) is 0 Å². The van der Waals surface area contributed by atoms with Crippen molar-refractivity contribution in [3.63, 3.8) is 0 Å². The summed E-state index contributed by atoms with van der Waals surface area (Å²) in [6, 6.07) is 0. The van der Waals surface area contributed by atoms with E-state index in [2.05, 4.69) is 32.9 Å². The zero-order valence-electron chi connectivity index (χ0n) is 8.77. The topological polar surface area (TPSA) is 26.0 Å². The van der Waals surface area contributed by atoms with Gasteiger partial charge < -0.3 is 5.73 Å². The summed E-state index contributed by atoms with van der Waals surface area (Å²) >= 11 is 0. The van der Waals surface area contributed by atoms with Gasteiger partial charge in [0.15, 0.2) is 0 Å². The zero-order valence-corrected chi connectivity index (χ0v) is 8.77. The molecule has 0 bridgehead atoms. The summed E-state index contributed by atoms with van der Waals surface area (Å²) in [4.78, 5) is 0. The Hall–Kier alpha value is -0.300. The molecule has 0 aromatic carbocycles. The maximum atomic E-state index is 5.83. The number of nitrogens with two attached hydrogens (primary N) is 1. The Labute approximate surface area is 77.0 Å². The first-order valence-corrected chi connectivity index (χ1v) is 5.00. The van der Waals surface area contributed by atoms with Crippen LogP contribution in [0.5, 0.6) is 0 Å². The third kappa shape index (κ3) is 9.70. The number of rotatable bonds is 6. The van der Waals surface area contributed by atoms with E-state index >= 15 is 0 Å². The standard InChI is InChI=1S/C11H23N/c1-4-5-6-7-8-9-10-11(2,3)12/h8-9H,4-7,10,12H2,1-3H3/b9-8-. The Morgan fingerprint density at radius 3 is 2.33 bits per heavy atom. The normalized spacial score (nSPS) is 12.7. The Kier molecular flexibility index (Phi) is 6.09. The van der Waals surface area contributed by atoms with E-state index in [9.17, 15) is 0 Å². The van der Waals surface area contributed by atoms with Crippen LogP contribution in [-0.2, 0) is 0 Å². The molecule has 0 amide bonds. The van der Waals surface area contributed by atoms with Crippen molar-refractivity contribution < 1.29 is 0 Å². The number of allylic oxidation sites excluding steroid dienone is 1. The summed E-state index contributed by atoms with van der Waals surface area (Å²) < 4.78 is 0. The van der Waals surface area contributed by atoms with Gasteiger partial charge in [-0.15, -0.1) is 0 Å². The van der Waals surface area contributed by atoms with E-state index in [1.54, 1.807) is 0 Å². The van der Waals surface area contributed by atoms with E-state index in [0.29, 0.717) is 0 Å². The van der Waals surface area contributed by atoms with Gasteiger partial charge in [0.2, 0.25) is 0 Å². The lowest BCUT2D eigenvalue weighted by Gasteiger charge is -2.14. The van der Waals surface area contributed by atoms with Crippen molar-refractivity contribution in [2.24, 2.45) is 5.73 Å². The lowest BCUT2D eigenvalue weighted by molar-refractivity contribution is 0.526. The van der Waals surface area contributed by atoms with E-state index in [1.165, 1.54) is 25.7 Å². The monoisotopic (exact) mass is 169 g/mol. The van der Waals surface area contributed by atoms with Crippen LogP contribution < -0.4 is 5.73 Å². The molecule has 0 spiro atoms. The van der Waals surface area contributed by atoms with Gasteiger partial charge in [0.25, 0.3) is 0 Å². The fourth-order valence-corrected chi connectivity index (χ4v) is 1.02. The van der Waals surface area contributed by atoms with Crippen molar-refractivity contribution in [3.05, 3.63) is 12.2 Å². The highest BCUT2D eigenvalue weighted by Gasteiger charge is 2.05. The Morgan fingerprint density at radius 2 is 1.83 bits per heavy atom. The molecule has 1 nitrogen and oxygen atoms in total. The third-order valence-corrected chi connectivity index (χ3v) is 1.78. The lowest BCUT2D eigenvalue weighted by atomic mass is 10.0. The van der Waals surface area contributed by atoms with Crippen LogP contribution in [0, 0.1) is 0 Å². The number of hydrogen-bond acceptors (Lipinski definition) is 1. The molecule has 2 N–H and O–H groups in total. The van der Waals surface area contributed by atoms with Crippen molar-refractivity contribution >= 4 is 0 Å². The van der Waals surface area contributed by atoms with Crippen LogP contribution in [0.25, 0.3) is 0 Å². The summed E-state index contributed by atoms with van der Waals surface area (Å²) in [6.45, 7) is 6.35. The van der Waals surface area contributed by atoms with Crippen LogP contribution in [-0.4, -0.2) is 5.54 Å². The van der Waals surface area contributed by atoms with E-state index in [4.69, 9.17) is 5.73 Å². The minimum atomic E-state index is -0.0404. The maximum absolute atomic E-state index is 5.83. The molecule has 0 aliphatic rings. The van der Waals surface area contributed by atoms with E-state index < -0.39 is 0 Å². The van der Waals surface area contributed by atoms with Gasteiger partial charge in [0.1, 0.15) is 0 Å². The number of unbranched alkanes of at least 4 members (excludes halogenated alkanes) is 3. The Bertz CT molecular complexity index is 119. The molecular formula is C11H23N. The first kappa shape index (κ1) is 11.7. The first-order valence-electron chi connectivity index (χ1n) is 5.00. The molecule has 0 unspecified atom stereocenters. The van der Waals surface area contributed by atoms with Gasteiger partial charge in [-0.1, -0.05) is 31.9 Å². The molecule has 0 aliphatic carbocycles. The van der Waals surface area contributed by atoms with Crippen LogP contribution >= 0.6 is 0 Å². The maximum Gasteiger partial charge on any atom is 0.0132 e. The second kappa shape index (κ2) is 6.24. The average molecular weight is 169 g/mol. The second-order valence-corrected chi connectivity index (χ2v) is 4.16. The van der Waals surface area contributed by atoms with Gasteiger partial charge >= 0.3 is 0 Å². The smallest absolute Gasteiger partial charge is 0.0132 e. The molecule has 72 valence electrons. The fraction of sp³-hybridized carbons (Fsp3) is 0.818. The predicted octanol–water partition coefficient (Wildman–Crippen LogP) is 3.25. The molecule has 0 aromatic heterocycles. The van der Waals surface area contributed by atoms with Crippen molar-refractivity contribution in [2.45, 2.75) is 58.4 Å². The van der Waals surface area contributed by atoms with Gasteiger partial charge in [0, 0.05) is 5.54 Å². The summed E-state index contributed by atoms with van der Waals surface area (Å²) in [5.41, 5.74) is 5.78. The van der Waals surface area contributed by atoms with Crippen molar-refractivity contribution in [2.75, 3.05) is 0 Å². The van der Waals surface area contributed by atoms with E-state index in [1.807, 2.05) is 0 Å². The van der Waals surface area contributed by atoms with Crippen molar-refractivity contribution in [3.8, 4) is 0 Å². The molecule has 0 rings (SSSR count). The van der Waals surface area contributed by atoms with Gasteiger partial charge in [-0.25, -0.2) is 0 Å². The predicted molar refractivity (Wildman–Crippen MR) is 56.2 cm³/mol. The molecule has 0 aliphatic heterocycles. The minimum Gasteiger partial charge on any atom is -0.325 e. The zero-order chi connectivity index (χ0) is 9.45. The molecule has 0 heterocycles. The third-order valence-electron chi connectivity index (χ3n) is 1.78. The van der Waals surface area contributed by atoms with Crippen LogP contribution in [0.2, 0.25) is 0 Å². The molecule has 0 saturated heterocycles. The number of hydrogen-bond donors (Lipinski definition) is 1. The Morgan fingerprint density at radius 1 is 1.17 bits per heavy atom. The van der Waals surface area contributed by atoms with Crippen LogP contribution in [0.4, 0.5) is 0 Å². The molecule has 0 aromatic rings. The molecule has 0 radical (unpaired) electrons. The molecule has 0 atom stereocenters. The van der Waals surface area contributed by atoms with Crippen LogP contribution in [0.3, 0.4) is 0 Å². The minimum absolute atomic E-state index is 0.0404. The highest BCUT2D eigenvalue weighted by Crippen LogP contribution is 2.06. The second-order valence-electron chi connectivity index (χ2n) is 4.16. The summed E-state index contributed by atoms with van der Waals surface area (Å²) in [6.07, 6.45) is 10.6. The Balaban J connectivity index is 3.26. The van der Waals surface area contributed by atoms with Gasteiger partial charge in [0.05, 0.1) is 0 Å². The molecule has 1 heteroatoms. The molecule has 12 heavy (non-hydrogen) atoms. The first-order chi connectivity index (χ1) is 5.56. The molecule has 0 fully saturated rings. The van der Waals surface area contributed by atoms with E-state index in [0.717, 1.165) is 6.42 Å². The summed E-state index contributed by atoms with van der Waals surface area (Å²) in [5.74, 6) is 0. The summed E-state index contributed by atoms with van der Waals surface area (Å²) in [5, 5.41) is 0. The van der Waals surface area contributed by atoms with Gasteiger partial charge in [-0.2, -0.15) is 0 Å². The summed E-state index contributed by atoms with van der Waals surface area (Å²) in [7, 11) is 0. The van der Waals surface area contributed by atoms with Gasteiger partial charge in [-0.3, -0.25) is 0 Å². The molecular weight excluding hydrogens is 146 g/mol. The lowest BCUT2D eigenvalue weighted by Crippen LogP contribution is -2.30. The van der Waals surface area contributed by atoms with Crippen molar-refractivity contribution in [1.82, 2.24) is 0 Å². The van der Waals surface area contributed by atoms with Gasteiger partial charge in [-0.05, 0) is 33.1 Å². The highest BCUT2D eigenvalue weighted by molar-refractivity contribution is 4.89. The average Bonchev–Trinajstić information content (AvgIpc) is 1.94. The van der Waals surface area contributed by atoms with Crippen LogP contribution in [0.15, 0.2) is 12.2 Å². The molecule has 0 saturated carbocycles. The quantitative estimate of drug-likeness (QED) is 0.479. The highest BCUT2D eigenvalue weighted by atomic mass is 14.7. The van der Waals surface area contributed by atoms with Crippen LogP contribution in [0.1, 0.15) is 52.9 Å². The largest absolute Gasteiger partial charge is 0.325 e. The van der Waals surface area contributed by atoms with E-state index in [-0.39, 0.29) is 5.54 Å².